The maximum atomic E-state index is 11.7. The number of carbonyl (C=O) groups is 1. The van der Waals surface area contributed by atoms with Crippen LogP contribution in [0.4, 0.5) is 0 Å². The number of nitrogens with zero attached hydrogens (tertiary/aromatic N) is 2. The lowest BCUT2D eigenvalue weighted by molar-refractivity contribution is -0.210. The average Bonchev–Trinajstić information content (AvgIpc) is 3.20. The van der Waals surface area contributed by atoms with Crippen molar-refractivity contribution in [3.63, 3.8) is 0 Å². The van der Waals surface area contributed by atoms with Gasteiger partial charge in [-0.05, 0) is 37.8 Å². The number of fused-ring (bicyclic) bond motifs is 3. The van der Waals surface area contributed by atoms with E-state index in [0.29, 0.717) is 29.4 Å². The van der Waals surface area contributed by atoms with E-state index < -0.39 is 11.6 Å². The molecule has 2 aromatic rings. The number of ether oxygens (including phenoxy) is 2. The normalized spacial score (nSPS) is 28.1. The molecule has 1 aromatic heterocycles. The van der Waals surface area contributed by atoms with Crippen molar-refractivity contribution in [2.45, 2.75) is 31.3 Å². The SMILES string of the molecule is COC(=O)c1cccc(-c2noc(C34CCC(CO)(CC3)CO4)n2)c1. The third-order valence-electron chi connectivity index (χ3n) is 5.47. The van der Waals surface area contributed by atoms with Gasteiger partial charge in [0.2, 0.25) is 5.82 Å². The van der Waals surface area contributed by atoms with Gasteiger partial charge in [-0.25, -0.2) is 4.79 Å². The van der Waals surface area contributed by atoms with Crippen LogP contribution in [0.2, 0.25) is 0 Å². The quantitative estimate of drug-likeness (QED) is 0.850. The van der Waals surface area contributed by atoms with Crippen LogP contribution in [0, 0.1) is 5.41 Å². The van der Waals surface area contributed by atoms with E-state index in [0.717, 1.165) is 25.7 Å². The number of hydrogen-bond acceptors (Lipinski definition) is 7. The summed E-state index contributed by atoms with van der Waals surface area (Å²) in [5.41, 5.74) is 0.455. The van der Waals surface area contributed by atoms with E-state index in [1.54, 1.807) is 18.2 Å². The van der Waals surface area contributed by atoms with Gasteiger partial charge >= 0.3 is 5.97 Å². The Labute approximate surface area is 144 Å². The topological polar surface area (TPSA) is 94.7 Å². The summed E-state index contributed by atoms with van der Waals surface area (Å²) in [6.07, 6.45) is 3.30. The van der Waals surface area contributed by atoms with E-state index in [1.165, 1.54) is 7.11 Å². The average molecular weight is 344 g/mol. The van der Waals surface area contributed by atoms with Crippen LogP contribution in [-0.4, -0.2) is 41.5 Å². The molecule has 0 spiro atoms. The van der Waals surface area contributed by atoms with Crippen LogP contribution in [0.3, 0.4) is 0 Å². The van der Waals surface area contributed by atoms with Crippen LogP contribution in [-0.2, 0) is 15.1 Å². The number of esters is 1. The number of methoxy groups -OCH3 is 1. The first-order valence-corrected chi connectivity index (χ1v) is 8.38. The van der Waals surface area contributed by atoms with Crippen LogP contribution in [0.15, 0.2) is 28.8 Å². The summed E-state index contributed by atoms with van der Waals surface area (Å²) < 4.78 is 16.3. The van der Waals surface area contributed by atoms with Crippen molar-refractivity contribution in [2.24, 2.45) is 5.41 Å². The maximum Gasteiger partial charge on any atom is 0.337 e. The fraction of sp³-hybridized carbons (Fsp3) is 0.500. The Balaban J connectivity index is 1.60. The summed E-state index contributed by atoms with van der Waals surface area (Å²) in [7, 11) is 1.34. The molecule has 0 unspecified atom stereocenters. The van der Waals surface area contributed by atoms with Crippen LogP contribution in [0.25, 0.3) is 11.4 Å². The second-order valence-electron chi connectivity index (χ2n) is 6.94. The van der Waals surface area contributed by atoms with E-state index in [1.807, 2.05) is 6.07 Å². The minimum Gasteiger partial charge on any atom is -0.465 e. The molecule has 7 nitrogen and oxygen atoms in total. The van der Waals surface area contributed by atoms with Gasteiger partial charge in [0.05, 0.1) is 25.9 Å². The lowest BCUT2D eigenvalue weighted by Gasteiger charge is -2.50. The molecule has 3 heterocycles. The minimum atomic E-state index is -0.553. The highest BCUT2D eigenvalue weighted by Gasteiger charge is 2.53. The van der Waals surface area contributed by atoms with Gasteiger partial charge in [-0.15, -0.1) is 0 Å². The van der Waals surface area contributed by atoms with Crippen LogP contribution >= 0.6 is 0 Å². The molecule has 2 saturated heterocycles. The van der Waals surface area contributed by atoms with Gasteiger partial charge in [0.1, 0.15) is 5.60 Å². The van der Waals surface area contributed by atoms with Gasteiger partial charge in [0, 0.05) is 11.0 Å². The second kappa shape index (κ2) is 5.93. The van der Waals surface area contributed by atoms with Crippen molar-refractivity contribution in [3.05, 3.63) is 35.7 Å². The van der Waals surface area contributed by atoms with Gasteiger partial charge in [-0.2, -0.15) is 4.98 Å². The summed E-state index contributed by atoms with van der Waals surface area (Å²) in [5.74, 6) is 0.480. The van der Waals surface area contributed by atoms with Crippen LogP contribution < -0.4 is 0 Å². The molecule has 2 bridgehead atoms. The molecule has 1 saturated carbocycles. The van der Waals surface area contributed by atoms with E-state index >= 15 is 0 Å². The van der Waals surface area contributed by atoms with Crippen molar-refractivity contribution >= 4 is 5.97 Å². The van der Waals surface area contributed by atoms with Crippen LogP contribution in [0.5, 0.6) is 0 Å². The van der Waals surface area contributed by atoms with Gasteiger partial charge in [-0.1, -0.05) is 17.3 Å². The number of benzene rings is 1. The number of hydrogen-bond donors (Lipinski definition) is 1. The summed E-state index contributed by atoms with van der Waals surface area (Å²) >= 11 is 0. The predicted molar refractivity (Wildman–Crippen MR) is 86.7 cm³/mol. The number of carbonyl (C=O) groups excluding carboxylic acids is 1. The monoisotopic (exact) mass is 344 g/mol. The van der Waals surface area contributed by atoms with E-state index in [-0.39, 0.29) is 12.0 Å². The summed E-state index contributed by atoms with van der Waals surface area (Å²) in [6.45, 7) is 0.664. The molecule has 1 N–H and O–H groups in total. The molecule has 0 atom stereocenters. The second-order valence-corrected chi connectivity index (χ2v) is 6.94. The Morgan fingerprint density at radius 2 is 2.12 bits per heavy atom. The third-order valence-corrected chi connectivity index (χ3v) is 5.47. The largest absolute Gasteiger partial charge is 0.465 e. The summed E-state index contributed by atoms with van der Waals surface area (Å²) in [6, 6.07) is 6.92. The third kappa shape index (κ3) is 2.63. The minimum absolute atomic E-state index is 0.112. The first-order valence-electron chi connectivity index (χ1n) is 8.38. The van der Waals surface area contributed by atoms with Crippen LogP contribution in [0.1, 0.15) is 41.9 Å². The molecule has 132 valence electrons. The molecule has 7 heteroatoms. The fourth-order valence-electron chi connectivity index (χ4n) is 3.67. The maximum absolute atomic E-state index is 11.7. The molecule has 1 aliphatic carbocycles. The van der Waals surface area contributed by atoms with Crippen molar-refractivity contribution < 1.29 is 23.9 Å². The number of aliphatic hydroxyl groups excluding tert-OH is 1. The van der Waals surface area contributed by atoms with E-state index in [2.05, 4.69) is 10.1 Å². The zero-order valence-electron chi connectivity index (χ0n) is 14.0. The van der Waals surface area contributed by atoms with Gasteiger partial charge in [0.15, 0.2) is 0 Å². The molecule has 0 radical (unpaired) electrons. The standard InChI is InChI=1S/C18H20N2O5/c1-23-15(22)13-4-2-3-12(9-13)14-19-16(25-20-14)18-7-5-17(10-21,6-8-18)11-24-18/h2-4,9,21H,5-8,10-11H2,1H3. The Kier molecular flexibility index (Phi) is 3.85. The molecule has 3 fully saturated rings. The molecule has 0 amide bonds. The molecular weight excluding hydrogens is 324 g/mol. The molecule has 3 aliphatic rings. The summed E-state index contributed by atoms with van der Waals surface area (Å²) in [5, 5.41) is 13.7. The van der Waals surface area contributed by atoms with Gasteiger partial charge in [-0.3, -0.25) is 0 Å². The number of rotatable bonds is 4. The molecular formula is C18H20N2O5. The lowest BCUT2D eigenvalue weighted by atomic mass is 9.66. The van der Waals surface area contributed by atoms with E-state index in [4.69, 9.17) is 14.0 Å². The zero-order valence-corrected chi connectivity index (χ0v) is 14.0. The predicted octanol–water partition coefficient (Wildman–Crippen LogP) is 2.30. The van der Waals surface area contributed by atoms with Crippen molar-refractivity contribution in [1.82, 2.24) is 10.1 Å². The number of aromatic nitrogens is 2. The fourth-order valence-corrected chi connectivity index (χ4v) is 3.67. The van der Waals surface area contributed by atoms with Gasteiger partial charge in [0.25, 0.3) is 5.89 Å². The lowest BCUT2D eigenvalue weighted by Crippen LogP contribution is -2.51. The highest BCUT2D eigenvalue weighted by molar-refractivity contribution is 5.90. The zero-order chi connectivity index (χ0) is 17.5. The highest BCUT2D eigenvalue weighted by atomic mass is 16.5. The van der Waals surface area contributed by atoms with E-state index in [9.17, 15) is 9.90 Å². The van der Waals surface area contributed by atoms with Gasteiger partial charge < -0.3 is 19.1 Å². The molecule has 1 aromatic carbocycles. The molecule has 25 heavy (non-hydrogen) atoms. The number of aliphatic hydroxyl groups is 1. The Morgan fingerprint density at radius 3 is 2.76 bits per heavy atom. The molecule has 2 aliphatic heterocycles. The van der Waals surface area contributed by atoms with Crippen molar-refractivity contribution in [3.8, 4) is 11.4 Å². The Bertz CT molecular complexity index is 776. The Hall–Kier alpha value is -2.25. The highest BCUT2D eigenvalue weighted by Crippen LogP contribution is 2.53. The Morgan fingerprint density at radius 1 is 1.32 bits per heavy atom. The molecule has 5 rings (SSSR count). The first kappa shape index (κ1) is 16.2. The summed E-state index contributed by atoms with van der Waals surface area (Å²) in [4.78, 5) is 16.2. The smallest absolute Gasteiger partial charge is 0.337 e. The van der Waals surface area contributed by atoms with Crippen molar-refractivity contribution in [1.29, 1.82) is 0 Å². The van der Waals surface area contributed by atoms with Crippen molar-refractivity contribution in [2.75, 3.05) is 20.3 Å². The first-order chi connectivity index (χ1) is 12.1.